The van der Waals surface area contributed by atoms with E-state index >= 15 is 0 Å². The molecule has 0 N–H and O–H groups in total. The first kappa shape index (κ1) is 16.3. The molecular weight excluding hydrogens is 285 g/mol. The number of unbranched alkanes of at least 4 members (excludes halogenated alkanes) is 3. The lowest BCUT2D eigenvalue weighted by Gasteiger charge is -2.13. The minimum absolute atomic E-state index is 0.0783. The van der Waals surface area contributed by atoms with E-state index in [1.807, 2.05) is 6.92 Å². The summed E-state index contributed by atoms with van der Waals surface area (Å²) in [6, 6.07) is 3.08. The van der Waals surface area contributed by atoms with Crippen molar-refractivity contribution in [1.29, 1.82) is 0 Å². The standard InChI is InChI=1S/C14H19Cl2NO2/c1-3-4-5-6-7-10(2)19-14(18)13-11(15)8-9-12(16)17-13/h8-10H,3-7H2,1-2H3. The Bertz CT molecular complexity index is 424. The molecule has 0 radical (unpaired) electrons. The number of halogens is 2. The average Bonchev–Trinajstić information content (AvgIpc) is 2.37. The number of pyridine rings is 1. The lowest BCUT2D eigenvalue weighted by Crippen LogP contribution is -2.16. The van der Waals surface area contributed by atoms with Crippen molar-refractivity contribution in [3.05, 3.63) is 28.0 Å². The van der Waals surface area contributed by atoms with Gasteiger partial charge in [-0.15, -0.1) is 0 Å². The van der Waals surface area contributed by atoms with Gasteiger partial charge in [0.1, 0.15) is 5.15 Å². The van der Waals surface area contributed by atoms with Gasteiger partial charge in [0, 0.05) is 0 Å². The van der Waals surface area contributed by atoms with Crippen molar-refractivity contribution in [2.75, 3.05) is 0 Å². The van der Waals surface area contributed by atoms with Gasteiger partial charge in [-0.2, -0.15) is 0 Å². The molecule has 1 rings (SSSR count). The predicted molar refractivity (Wildman–Crippen MR) is 77.9 cm³/mol. The maximum atomic E-state index is 11.9. The highest BCUT2D eigenvalue weighted by atomic mass is 35.5. The van der Waals surface area contributed by atoms with Crippen LogP contribution in [0, 0.1) is 0 Å². The number of nitrogens with zero attached hydrogens (tertiary/aromatic N) is 1. The smallest absolute Gasteiger partial charge is 0.358 e. The third kappa shape index (κ3) is 5.79. The molecule has 0 saturated heterocycles. The Labute approximate surface area is 124 Å². The van der Waals surface area contributed by atoms with Crippen LogP contribution in [0.25, 0.3) is 0 Å². The molecule has 0 spiro atoms. The first-order chi connectivity index (χ1) is 9.04. The Morgan fingerprint density at radius 1 is 1.32 bits per heavy atom. The van der Waals surface area contributed by atoms with Gasteiger partial charge >= 0.3 is 5.97 Å². The van der Waals surface area contributed by atoms with Crippen LogP contribution in [0.2, 0.25) is 10.2 Å². The lowest BCUT2D eigenvalue weighted by molar-refractivity contribution is 0.0312. The van der Waals surface area contributed by atoms with Gasteiger partial charge in [-0.25, -0.2) is 9.78 Å². The van der Waals surface area contributed by atoms with Crippen LogP contribution in [0.1, 0.15) is 56.4 Å². The lowest BCUT2D eigenvalue weighted by atomic mass is 10.1. The number of esters is 1. The molecule has 1 atom stereocenters. The number of hydrogen-bond donors (Lipinski definition) is 0. The van der Waals surface area contributed by atoms with Gasteiger partial charge in [-0.05, 0) is 31.9 Å². The van der Waals surface area contributed by atoms with Gasteiger partial charge in [0.05, 0.1) is 11.1 Å². The van der Waals surface area contributed by atoms with Crippen LogP contribution in [-0.4, -0.2) is 17.1 Å². The van der Waals surface area contributed by atoms with Crippen molar-refractivity contribution in [2.24, 2.45) is 0 Å². The largest absolute Gasteiger partial charge is 0.458 e. The van der Waals surface area contributed by atoms with Gasteiger partial charge in [0.2, 0.25) is 0 Å². The van der Waals surface area contributed by atoms with Crippen LogP contribution < -0.4 is 0 Å². The Hall–Kier alpha value is -0.800. The van der Waals surface area contributed by atoms with E-state index in [2.05, 4.69) is 11.9 Å². The normalized spacial score (nSPS) is 12.2. The van der Waals surface area contributed by atoms with Crippen molar-refractivity contribution in [3.8, 4) is 0 Å². The zero-order chi connectivity index (χ0) is 14.3. The highest BCUT2D eigenvalue weighted by Gasteiger charge is 2.17. The molecule has 1 aromatic rings. The second-order valence-electron chi connectivity index (χ2n) is 4.53. The Morgan fingerprint density at radius 2 is 2.05 bits per heavy atom. The molecule has 0 amide bonds. The molecule has 0 aromatic carbocycles. The first-order valence-corrected chi connectivity index (χ1v) is 7.33. The fraction of sp³-hybridized carbons (Fsp3) is 0.571. The van der Waals surface area contributed by atoms with Crippen LogP contribution in [0.15, 0.2) is 12.1 Å². The van der Waals surface area contributed by atoms with Gasteiger partial charge < -0.3 is 4.74 Å². The van der Waals surface area contributed by atoms with Gasteiger partial charge in [0.15, 0.2) is 5.69 Å². The van der Waals surface area contributed by atoms with Crippen LogP contribution in [0.5, 0.6) is 0 Å². The topological polar surface area (TPSA) is 39.2 Å². The van der Waals surface area contributed by atoms with E-state index in [4.69, 9.17) is 27.9 Å². The van der Waals surface area contributed by atoms with Crippen LogP contribution in [0.3, 0.4) is 0 Å². The third-order valence-corrected chi connectivity index (χ3v) is 3.29. The third-order valence-electron chi connectivity index (χ3n) is 2.78. The summed E-state index contributed by atoms with van der Waals surface area (Å²) in [6.45, 7) is 4.04. The summed E-state index contributed by atoms with van der Waals surface area (Å²) in [4.78, 5) is 15.8. The molecule has 106 valence electrons. The first-order valence-electron chi connectivity index (χ1n) is 6.57. The zero-order valence-corrected chi connectivity index (χ0v) is 12.8. The van der Waals surface area contributed by atoms with E-state index in [9.17, 15) is 4.79 Å². The monoisotopic (exact) mass is 303 g/mol. The summed E-state index contributed by atoms with van der Waals surface area (Å²) in [7, 11) is 0. The quantitative estimate of drug-likeness (QED) is 0.408. The summed E-state index contributed by atoms with van der Waals surface area (Å²) in [5.74, 6) is -0.518. The van der Waals surface area contributed by atoms with Crippen LogP contribution >= 0.6 is 23.2 Å². The Morgan fingerprint density at radius 3 is 2.74 bits per heavy atom. The van der Waals surface area contributed by atoms with Crippen LogP contribution in [0.4, 0.5) is 0 Å². The second kappa shape index (κ2) is 8.39. The van der Waals surface area contributed by atoms with E-state index in [1.165, 1.54) is 18.9 Å². The van der Waals surface area contributed by atoms with E-state index in [0.717, 1.165) is 19.3 Å². The Kier molecular flexibility index (Phi) is 7.17. The molecule has 19 heavy (non-hydrogen) atoms. The molecule has 0 aliphatic rings. The number of rotatable bonds is 7. The zero-order valence-electron chi connectivity index (χ0n) is 11.3. The van der Waals surface area contributed by atoms with Gasteiger partial charge in [-0.3, -0.25) is 0 Å². The number of aromatic nitrogens is 1. The number of carbonyl (C=O) groups excluding carboxylic acids is 1. The average molecular weight is 304 g/mol. The van der Waals surface area contributed by atoms with Crippen molar-refractivity contribution >= 4 is 29.2 Å². The minimum atomic E-state index is -0.518. The predicted octanol–water partition coefficient (Wildman–Crippen LogP) is 4.90. The molecular formula is C14H19Cl2NO2. The molecule has 0 saturated carbocycles. The number of ether oxygens (including phenoxy) is 1. The maximum absolute atomic E-state index is 11.9. The van der Waals surface area contributed by atoms with Crippen molar-refractivity contribution in [1.82, 2.24) is 4.98 Å². The summed E-state index contributed by atoms with van der Waals surface area (Å²) in [5.41, 5.74) is 0.0783. The van der Waals surface area contributed by atoms with Gasteiger partial charge in [0.25, 0.3) is 0 Å². The van der Waals surface area contributed by atoms with Crippen LogP contribution in [-0.2, 0) is 4.74 Å². The van der Waals surface area contributed by atoms with E-state index in [0.29, 0.717) is 0 Å². The molecule has 1 unspecified atom stereocenters. The van der Waals surface area contributed by atoms with E-state index in [1.54, 1.807) is 6.07 Å². The molecule has 0 fully saturated rings. The highest BCUT2D eigenvalue weighted by molar-refractivity contribution is 6.34. The fourth-order valence-corrected chi connectivity index (χ4v) is 2.05. The van der Waals surface area contributed by atoms with Crippen molar-refractivity contribution < 1.29 is 9.53 Å². The fourth-order valence-electron chi connectivity index (χ4n) is 1.72. The summed E-state index contributed by atoms with van der Waals surface area (Å²) in [5, 5.41) is 0.486. The summed E-state index contributed by atoms with van der Waals surface area (Å²) < 4.78 is 5.31. The molecule has 1 aromatic heterocycles. The summed E-state index contributed by atoms with van der Waals surface area (Å²) in [6.07, 6.45) is 5.33. The van der Waals surface area contributed by atoms with Crippen molar-refractivity contribution in [2.45, 2.75) is 52.1 Å². The van der Waals surface area contributed by atoms with Crippen molar-refractivity contribution in [3.63, 3.8) is 0 Å². The van der Waals surface area contributed by atoms with E-state index in [-0.39, 0.29) is 22.0 Å². The minimum Gasteiger partial charge on any atom is -0.458 e. The van der Waals surface area contributed by atoms with Gasteiger partial charge in [-0.1, -0.05) is 49.4 Å². The molecule has 0 bridgehead atoms. The molecule has 1 heterocycles. The number of carbonyl (C=O) groups is 1. The molecule has 0 aliphatic heterocycles. The maximum Gasteiger partial charge on any atom is 0.358 e. The second-order valence-corrected chi connectivity index (χ2v) is 5.32. The molecule has 0 aliphatic carbocycles. The molecule has 5 heteroatoms. The van der Waals surface area contributed by atoms with E-state index < -0.39 is 5.97 Å². The molecule has 3 nitrogen and oxygen atoms in total. The Balaban J connectivity index is 2.47. The number of hydrogen-bond acceptors (Lipinski definition) is 3. The SMILES string of the molecule is CCCCCCC(C)OC(=O)c1nc(Cl)ccc1Cl. The summed E-state index contributed by atoms with van der Waals surface area (Å²) >= 11 is 11.6. The highest BCUT2D eigenvalue weighted by Crippen LogP contribution is 2.19.